The van der Waals surface area contributed by atoms with E-state index in [2.05, 4.69) is 5.32 Å². The van der Waals surface area contributed by atoms with Gasteiger partial charge in [-0.3, -0.25) is 14.4 Å². The molecule has 2 unspecified atom stereocenters. The number of aryl methyl sites for hydroxylation is 2. The van der Waals surface area contributed by atoms with Crippen LogP contribution in [0.1, 0.15) is 37.8 Å². The van der Waals surface area contributed by atoms with Crippen molar-refractivity contribution in [1.82, 2.24) is 0 Å². The quantitative estimate of drug-likeness (QED) is 0.674. The number of carbonyl (C=O) groups is 3. The zero-order valence-corrected chi connectivity index (χ0v) is 13.4. The van der Waals surface area contributed by atoms with E-state index in [4.69, 9.17) is 0 Å². The number of nitrogens with one attached hydrogen (secondary N) is 1. The second-order valence-electron chi connectivity index (χ2n) is 7.16. The minimum atomic E-state index is -1.20. The molecule has 1 aromatic rings. The van der Waals surface area contributed by atoms with Crippen molar-refractivity contribution in [2.24, 2.45) is 16.7 Å². The Labute approximate surface area is 130 Å². The van der Waals surface area contributed by atoms with E-state index in [9.17, 15) is 14.4 Å². The maximum absolute atomic E-state index is 12.9. The van der Waals surface area contributed by atoms with E-state index >= 15 is 0 Å². The van der Waals surface area contributed by atoms with Crippen LogP contribution in [0.5, 0.6) is 0 Å². The van der Waals surface area contributed by atoms with Crippen molar-refractivity contribution < 1.29 is 14.4 Å². The Balaban J connectivity index is 1.96. The lowest BCUT2D eigenvalue weighted by molar-refractivity contribution is -0.147. The molecule has 0 heterocycles. The largest absolute Gasteiger partial charge is 0.325 e. The Morgan fingerprint density at radius 1 is 1.18 bits per heavy atom. The van der Waals surface area contributed by atoms with Gasteiger partial charge in [-0.15, -0.1) is 0 Å². The Hall–Kier alpha value is -1.97. The summed E-state index contributed by atoms with van der Waals surface area (Å²) in [5.41, 5.74) is 1.09. The van der Waals surface area contributed by atoms with Crippen molar-refractivity contribution in [3.8, 4) is 0 Å². The fourth-order valence-corrected chi connectivity index (χ4v) is 4.14. The summed E-state index contributed by atoms with van der Waals surface area (Å²) in [5, 5.41) is 2.86. The monoisotopic (exact) mass is 299 g/mol. The van der Waals surface area contributed by atoms with Gasteiger partial charge in [-0.05, 0) is 55.4 Å². The van der Waals surface area contributed by atoms with E-state index in [1.54, 1.807) is 0 Å². The molecule has 4 nitrogen and oxygen atoms in total. The number of hydrogen-bond donors (Lipinski definition) is 1. The zero-order valence-electron chi connectivity index (χ0n) is 13.4. The summed E-state index contributed by atoms with van der Waals surface area (Å²) in [5.74, 6) is -1.52. The number of benzene rings is 1. The van der Waals surface area contributed by atoms with Crippen LogP contribution in [0.2, 0.25) is 0 Å². The van der Waals surface area contributed by atoms with E-state index in [-0.39, 0.29) is 17.6 Å². The first-order chi connectivity index (χ1) is 10.2. The third kappa shape index (κ3) is 1.67. The van der Waals surface area contributed by atoms with E-state index in [0.717, 1.165) is 11.1 Å². The molecule has 2 atom stereocenters. The number of Topliss-reactive ketones (excluding diaryl/α,β-unsaturated/α-hetero) is 2. The van der Waals surface area contributed by atoms with Gasteiger partial charge in [-0.2, -0.15) is 0 Å². The third-order valence-electron chi connectivity index (χ3n) is 5.86. The Kier molecular flexibility index (Phi) is 3.06. The van der Waals surface area contributed by atoms with E-state index in [0.29, 0.717) is 18.5 Å². The number of ketones is 2. The molecule has 22 heavy (non-hydrogen) atoms. The zero-order chi connectivity index (χ0) is 16.3. The SMILES string of the molecule is Cc1ccc(NC(=O)C23CCC(C(=O)C2=O)C3(C)C)cc1C. The van der Waals surface area contributed by atoms with Gasteiger partial charge >= 0.3 is 0 Å². The van der Waals surface area contributed by atoms with Gasteiger partial charge in [0.25, 0.3) is 0 Å². The number of anilines is 1. The summed E-state index contributed by atoms with van der Waals surface area (Å²) in [4.78, 5) is 37.4. The topological polar surface area (TPSA) is 63.2 Å². The molecule has 2 saturated carbocycles. The molecule has 0 spiro atoms. The lowest BCUT2D eigenvalue weighted by atomic mass is 9.68. The Morgan fingerprint density at radius 2 is 1.86 bits per heavy atom. The summed E-state index contributed by atoms with van der Waals surface area (Å²) in [6, 6.07) is 5.66. The van der Waals surface area contributed by atoms with Crippen LogP contribution in [-0.4, -0.2) is 17.5 Å². The number of amides is 1. The first-order valence-corrected chi connectivity index (χ1v) is 7.69. The lowest BCUT2D eigenvalue weighted by Gasteiger charge is -2.33. The van der Waals surface area contributed by atoms with Gasteiger partial charge in [-0.1, -0.05) is 19.9 Å². The van der Waals surface area contributed by atoms with Gasteiger partial charge in [0.05, 0.1) is 0 Å². The van der Waals surface area contributed by atoms with Crippen molar-refractivity contribution in [2.75, 3.05) is 5.32 Å². The number of hydrogen-bond acceptors (Lipinski definition) is 3. The molecule has 0 saturated heterocycles. The van der Waals surface area contributed by atoms with Crippen LogP contribution in [0, 0.1) is 30.6 Å². The van der Waals surface area contributed by atoms with Crippen LogP contribution in [0.15, 0.2) is 18.2 Å². The molecule has 1 amide bonds. The van der Waals surface area contributed by atoms with Crippen LogP contribution in [0.3, 0.4) is 0 Å². The highest BCUT2D eigenvalue weighted by atomic mass is 16.2. The number of carbonyl (C=O) groups excluding carboxylic acids is 3. The summed E-state index contributed by atoms with van der Waals surface area (Å²) < 4.78 is 0. The molecule has 0 radical (unpaired) electrons. The number of fused-ring (bicyclic) bond motifs is 2. The highest BCUT2D eigenvalue weighted by molar-refractivity contribution is 6.48. The van der Waals surface area contributed by atoms with Crippen molar-refractivity contribution >= 4 is 23.2 Å². The van der Waals surface area contributed by atoms with Crippen LogP contribution in [0.4, 0.5) is 5.69 Å². The Morgan fingerprint density at radius 3 is 2.41 bits per heavy atom. The average molecular weight is 299 g/mol. The molecule has 1 aromatic carbocycles. The molecular weight excluding hydrogens is 278 g/mol. The lowest BCUT2D eigenvalue weighted by Crippen LogP contribution is -2.47. The van der Waals surface area contributed by atoms with Crippen LogP contribution in [0.25, 0.3) is 0 Å². The predicted octanol–water partition coefficient (Wildman–Crippen LogP) is 2.82. The molecule has 0 aromatic heterocycles. The summed E-state index contributed by atoms with van der Waals surface area (Å²) in [6.45, 7) is 7.72. The maximum atomic E-state index is 12.9. The third-order valence-corrected chi connectivity index (χ3v) is 5.86. The molecule has 4 heteroatoms. The van der Waals surface area contributed by atoms with Gasteiger partial charge in [-0.25, -0.2) is 0 Å². The predicted molar refractivity (Wildman–Crippen MR) is 83.5 cm³/mol. The molecule has 1 N–H and O–H groups in total. The van der Waals surface area contributed by atoms with E-state index in [1.807, 2.05) is 45.9 Å². The van der Waals surface area contributed by atoms with Crippen molar-refractivity contribution in [2.45, 2.75) is 40.5 Å². The maximum Gasteiger partial charge on any atom is 0.239 e. The standard InChI is InChI=1S/C18H21NO3/c1-10-5-6-12(9-11(10)2)19-16(22)18-8-7-13(17(18,3)4)14(20)15(18)21/h5-6,9,13H,7-8H2,1-4H3,(H,19,22). The summed E-state index contributed by atoms with van der Waals surface area (Å²) >= 11 is 0. The van der Waals surface area contributed by atoms with Crippen molar-refractivity contribution in [3.63, 3.8) is 0 Å². The number of rotatable bonds is 2. The first kappa shape index (κ1) is 14.9. The second-order valence-corrected chi connectivity index (χ2v) is 7.16. The molecule has 2 fully saturated rings. The minimum Gasteiger partial charge on any atom is -0.325 e. The van der Waals surface area contributed by atoms with Crippen LogP contribution >= 0.6 is 0 Å². The molecule has 2 bridgehead atoms. The van der Waals surface area contributed by atoms with Crippen LogP contribution < -0.4 is 5.32 Å². The van der Waals surface area contributed by atoms with Crippen LogP contribution in [-0.2, 0) is 14.4 Å². The summed E-state index contributed by atoms with van der Waals surface area (Å²) in [6.07, 6.45) is 1.09. The van der Waals surface area contributed by atoms with Gasteiger partial charge in [0, 0.05) is 11.6 Å². The Bertz CT molecular complexity index is 704. The molecular formula is C18H21NO3. The fourth-order valence-electron chi connectivity index (χ4n) is 4.14. The molecule has 2 aliphatic rings. The van der Waals surface area contributed by atoms with E-state index < -0.39 is 16.6 Å². The van der Waals surface area contributed by atoms with Crippen molar-refractivity contribution in [1.29, 1.82) is 0 Å². The van der Waals surface area contributed by atoms with Gasteiger partial charge in [0.15, 0.2) is 0 Å². The van der Waals surface area contributed by atoms with Gasteiger partial charge < -0.3 is 5.32 Å². The minimum absolute atomic E-state index is 0.314. The molecule has 2 aliphatic carbocycles. The first-order valence-electron chi connectivity index (χ1n) is 7.69. The highest BCUT2D eigenvalue weighted by Gasteiger charge is 2.72. The molecule has 116 valence electrons. The normalized spacial score (nSPS) is 29.0. The summed E-state index contributed by atoms with van der Waals surface area (Å²) in [7, 11) is 0. The molecule has 0 aliphatic heterocycles. The highest BCUT2D eigenvalue weighted by Crippen LogP contribution is 2.62. The van der Waals surface area contributed by atoms with Gasteiger partial charge in [0.2, 0.25) is 17.5 Å². The molecule has 3 rings (SSSR count). The second kappa shape index (κ2) is 4.51. The fraction of sp³-hybridized carbons (Fsp3) is 0.500. The van der Waals surface area contributed by atoms with Gasteiger partial charge in [0.1, 0.15) is 5.41 Å². The van der Waals surface area contributed by atoms with Crippen molar-refractivity contribution in [3.05, 3.63) is 29.3 Å². The average Bonchev–Trinajstić information content (AvgIpc) is 2.79. The smallest absolute Gasteiger partial charge is 0.239 e. The van der Waals surface area contributed by atoms with E-state index in [1.165, 1.54) is 0 Å².